The predicted molar refractivity (Wildman–Crippen MR) is 87.5 cm³/mol. The van der Waals surface area contributed by atoms with Gasteiger partial charge in [0.25, 0.3) is 5.69 Å². The minimum atomic E-state index is -3.74. The van der Waals surface area contributed by atoms with Crippen molar-refractivity contribution in [2.24, 2.45) is 5.92 Å². The SMILES string of the molecule is COC(=O)C(C)(c1ccc(S(C)(=O)=O)c([N+](=O)[O-])c1)C1CCCC1. The van der Waals surface area contributed by atoms with E-state index in [-0.39, 0.29) is 10.8 Å². The van der Waals surface area contributed by atoms with Gasteiger partial charge in [-0.05, 0) is 37.3 Å². The second kappa shape index (κ2) is 6.51. The van der Waals surface area contributed by atoms with Gasteiger partial charge in [0, 0.05) is 12.3 Å². The molecule has 1 unspecified atom stereocenters. The molecule has 24 heavy (non-hydrogen) atoms. The van der Waals surface area contributed by atoms with Gasteiger partial charge in [0.05, 0.1) is 17.4 Å². The zero-order valence-electron chi connectivity index (χ0n) is 13.9. The number of hydrogen-bond donors (Lipinski definition) is 0. The molecule has 1 atom stereocenters. The number of sulfone groups is 1. The number of nitrogens with zero attached hydrogens (tertiary/aromatic N) is 1. The standard InChI is InChI=1S/C16H21NO6S/c1-16(15(18)23-2,11-6-4-5-7-11)12-8-9-14(24(3,21)22)13(10-12)17(19)20/h8-11H,4-7H2,1-3H3. The fraction of sp³-hybridized carbons (Fsp3) is 0.562. The van der Waals surface area contributed by atoms with Crippen molar-refractivity contribution in [1.29, 1.82) is 0 Å². The summed E-state index contributed by atoms with van der Waals surface area (Å²) in [6, 6.07) is 3.89. The number of ether oxygens (including phenoxy) is 1. The van der Waals surface area contributed by atoms with Crippen molar-refractivity contribution in [3.05, 3.63) is 33.9 Å². The molecule has 0 N–H and O–H groups in total. The molecule has 0 bridgehead atoms. The first-order valence-corrected chi connectivity index (χ1v) is 9.59. The second-order valence-corrected chi connectivity index (χ2v) is 8.37. The third-order valence-corrected chi connectivity index (χ3v) is 6.08. The first kappa shape index (κ1) is 18.4. The molecule has 7 nitrogen and oxygen atoms in total. The maximum Gasteiger partial charge on any atom is 0.316 e. The molecule has 2 rings (SSSR count). The van der Waals surface area contributed by atoms with Gasteiger partial charge in [0.1, 0.15) is 4.90 Å². The highest BCUT2D eigenvalue weighted by atomic mass is 32.2. The first-order chi connectivity index (χ1) is 11.1. The molecular weight excluding hydrogens is 334 g/mol. The molecule has 1 saturated carbocycles. The van der Waals surface area contributed by atoms with Gasteiger partial charge in [-0.25, -0.2) is 8.42 Å². The summed E-state index contributed by atoms with van der Waals surface area (Å²) in [6.07, 6.45) is 4.55. The van der Waals surface area contributed by atoms with E-state index in [0.717, 1.165) is 31.9 Å². The highest BCUT2D eigenvalue weighted by Gasteiger charge is 2.46. The smallest absolute Gasteiger partial charge is 0.316 e. The van der Waals surface area contributed by atoms with Crippen molar-refractivity contribution in [2.45, 2.75) is 42.9 Å². The summed E-state index contributed by atoms with van der Waals surface area (Å²) in [6.45, 7) is 1.72. The van der Waals surface area contributed by atoms with Gasteiger partial charge < -0.3 is 4.74 Å². The Kier molecular flexibility index (Phi) is 4.98. The van der Waals surface area contributed by atoms with E-state index in [2.05, 4.69) is 0 Å². The third-order valence-electron chi connectivity index (χ3n) is 4.94. The summed E-state index contributed by atoms with van der Waals surface area (Å²) in [5, 5.41) is 11.3. The first-order valence-electron chi connectivity index (χ1n) is 7.69. The lowest BCUT2D eigenvalue weighted by atomic mass is 9.70. The minimum Gasteiger partial charge on any atom is -0.468 e. The van der Waals surface area contributed by atoms with Crippen molar-refractivity contribution >= 4 is 21.5 Å². The van der Waals surface area contributed by atoms with Gasteiger partial charge in [0.2, 0.25) is 0 Å². The Morgan fingerprint density at radius 3 is 2.38 bits per heavy atom. The van der Waals surface area contributed by atoms with Gasteiger partial charge in [0.15, 0.2) is 9.84 Å². The van der Waals surface area contributed by atoms with Gasteiger partial charge >= 0.3 is 5.97 Å². The van der Waals surface area contributed by atoms with Crippen molar-refractivity contribution in [1.82, 2.24) is 0 Å². The fourth-order valence-electron chi connectivity index (χ4n) is 3.53. The monoisotopic (exact) mass is 355 g/mol. The maximum absolute atomic E-state index is 12.5. The molecule has 1 aliphatic carbocycles. The lowest BCUT2D eigenvalue weighted by molar-refractivity contribution is -0.387. The highest BCUT2D eigenvalue weighted by molar-refractivity contribution is 7.90. The summed E-state index contributed by atoms with van der Waals surface area (Å²) in [4.78, 5) is 22.7. The molecule has 0 spiro atoms. The number of benzene rings is 1. The summed E-state index contributed by atoms with van der Waals surface area (Å²) in [7, 11) is -2.46. The van der Waals surface area contributed by atoms with Crippen LogP contribution in [0.25, 0.3) is 0 Å². The maximum atomic E-state index is 12.5. The van der Waals surface area contributed by atoms with E-state index in [9.17, 15) is 23.3 Å². The molecule has 8 heteroatoms. The van der Waals surface area contributed by atoms with E-state index >= 15 is 0 Å². The summed E-state index contributed by atoms with van der Waals surface area (Å²) >= 11 is 0. The molecule has 0 saturated heterocycles. The van der Waals surface area contributed by atoms with Crippen LogP contribution < -0.4 is 0 Å². The lowest BCUT2D eigenvalue weighted by Gasteiger charge is -2.33. The number of carbonyl (C=O) groups is 1. The van der Waals surface area contributed by atoms with E-state index < -0.39 is 31.8 Å². The Labute approximate surface area is 141 Å². The number of methoxy groups -OCH3 is 1. The molecule has 0 aliphatic heterocycles. The van der Waals surface area contributed by atoms with Crippen molar-refractivity contribution in [3.8, 4) is 0 Å². The highest BCUT2D eigenvalue weighted by Crippen LogP contribution is 2.44. The van der Waals surface area contributed by atoms with E-state index in [0.29, 0.717) is 5.56 Å². The Hall–Kier alpha value is -1.96. The molecule has 0 heterocycles. The van der Waals surface area contributed by atoms with Crippen LogP contribution in [0, 0.1) is 16.0 Å². The van der Waals surface area contributed by atoms with Crippen molar-refractivity contribution < 1.29 is 22.9 Å². The summed E-state index contributed by atoms with van der Waals surface area (Å²) in [5.74, 6) is -0.454. The van der Waals surface area contributed by atoms with Gasteiger partial charge in [-0.3, -0.25) is 14.9 Å². The quantitative estimate of drug-likeness (QED) is 0.457. The number of carbonyl (C=O) groups excluding carboxylic acids is 1. The van der Waals surface area contributed by atoms with Crippen LogP contribution in [0.15, 0.2) is 23.1 Å². The van der Waals surface area contributed by atoms with E-state index in [4.69, 9.17) is 4.74 Å². The van der Waals surface area contributed by atoms with Crippen LogP contribution in [0.4, 0.5) is 5.69 Å². The molecule has 1 aliphatic rings. The zero-order chi connectivity index (χ0) is 18.1. The van der Waals surface area contributed by atoms with Crippen LogP contribution >= 0.6 is 0 Å². The second-order valence-electron chi connectivity index (χ2n) is 6.39. The van der Waals surface area contributed by atoms with E-state index in [1.165, 1.54) is 25.3 Å². The van der Waals surface area contributed by atoms with Crippen LogP contribution in [0.3, 0.4) is 0 Å². The molecule has 1 aromatic rings. The van der Waals surface area contributed by atoms with Crippen LogP contribution in [-0.2, 0) is 24.8 Å². The van der Waals surface area contributed by atoms with Crippen molar-refractivity contribution in [2.75, 3.05) is 13.4 Å². The third kappa shape index (κ3) is 3.15. The normalized spacial score (nSPS) is 18.1. The minimum absolute atomic E-state index is 0.00800. The molecule has 132 valence electrons. The largest absolute Gasteiger partial charge is 0.468 e. The van der Waals surface area contributed by atoms with Crippen LogP contribution in [0.2, 0.25) is 0 Å². The Morgan fingerprint density at radius 2 is 1.92 bits per heavy atom. The summed E-state index contributed by atoms with van der Waals surface area (Å²) < 4.78 is 28.5. The zero-order valence-corrected chi connectivity index (χ0v) is 14.8. The van der Waals surface area contributed by atoms with Crippen LogP contribution in [0.1, 0.15) is 38.2 Å². The molecular formula is C16H21NO6S. The number of nitro benzene ring substituents is 1. The van der Waals surface area contributed by atoms with Gasteiger partial charge in [-0.1, -0.05) is 18.9 Å². The Bertz CT molecular complexity index is 767. The van der Waals surface area contributed by atoms with Crippen molar-refractivity contribution in [3.63, 3.8) is 0 Å². The van der Waals surface area contributed by atoms with Crippen LogP contribution in [0.5, 0.6) is 0 Å². The Morgan fingerprint density at radius 1 is 1.33 bits per heavy atom. The number of nitro groups is 1. The Balaban J connectivity index is 2.65. The predicted octanol–water partition coefficient (Wildman–Crippen LogP) is 2.62. The lowest BCUT2D eigenvalue weighted by Crippen LogP contribution is -2.40. The molecule has 0 aromatic heterocycles. The fourth-order valence-corrected chi connectivity index (χ4v) is 4.36. The van der Waals surface area contributed by atoms with Gasteiger partial charge in [-0.2, -0.15) is 0 Å². The topological polar surface area (TPSA) is 104 Å². The average molecular weight is 355 g/mol. The average Bonchev–Trinajstić information content (AvgIpc) is 3.06. The van der Waals surface area contributed by atoms with E-state index in [1.807, 2.05) is 0 Å². The van der Waals surface area contributed by atoms with E-state index in [1.54, 1.807) is 6.92 Å². The van der Waals surface area contributed by atoms with Crippen LogP contribution in [-0.4, -0.2) is 32.7 Å². The molecule has 1 aromatic carbocycles. The molecule has 1 fully saturated rings. The number of hydrogen-bond acceptors (Lipinski definition) is 6. The summed E-state index contributed by atoms with van der Waals surface area (Å²) in [5.41, 5.74) is -1.13. The number of esters is 1. The molecule has 0 radical (unpaired) electrons. The van der Waals surface area contributed by atoms with Gasteiger partial charge in [-0.15, -0.1) is 0 Å². The number of rotatable bonds is 5. The molecule has 0 amide bonds.